The number of rotatable bonds is 5. The first-order chi connectivity index (χ1) is 14.1. The minimum atomic E-state index is -0.246. The van der Waals surface area contributed by atoms with E-state index in [-0.39, 0.29) is 11.8 Å². The number of benzene rings is 3. The molecule has 6 heteroatoms. The Hall–Kier alpha value is -3.93. The summed E-state index contributed by atoms with van der Waals surface area (Å²) in [4.78, 5) is 29.1. The summed E-state index contributed by atoms with van der Waals surface area (Å²) in [6.45, 7) is 1.97. The molecule has 3 aromatic carbocycles. The predicted octanol–water partition coefficient (Wildman–Crippen LogP) is 4.89. The number of anilines is 2. The van der Waals surface area contributed by atoms with Crippen molar-refractivity contribution in [3.8, 4) is 0 Å². The lowest BCUT2D eigenvalue weighted by atomic mass is 10.1. The van der Waals surface area contributed by atoms with Crippen LogP contribution in [0.15, 0.2) is 77.2 Å². The number of carbonyl (C=O) groups excluding carboxylic acids is 2. The number of hydrogen-bond acceptors (Lipinski definition) is 4. The Kier molecular flexibility index (Phi) is 5.07. The van der Waals surface area contributed by atoms with Crippen LogP contribution in [0.3, 0.4) is 0 Å². The van der Waals surface area contributed by atoms with Crippen LogP contribution in [-0.2, 0) is 6.42 Å². The Morgan fingerprint density at radius 2 is 1.45 bits per heavy atom. The van der Waals surface area contributed by atoms with E-state index in [0.717, 1.165) is 0 Å². The van der Waals surface area contributed by atoms with E-state index in [2.05, 4.69) is 15.6 Å². The highest BCUT2D eigenvalue weighted by atomic mass is 16.3. The van der Waals surface area contributed by atoms with E-state index >= 15 is 0 Å². The summed E-state index contributed by atoms with van der Waals surface area (Å²) in [5.41, 5.74) is 3.71. The molecule has 0 radical (unpaired) electrons. The molecule has 144 valence electrons. The Labute approximate surface area is 167 Å². The molecule has 0 aliphatic carbocycles. The first-order valence-corrected chi connectivity index (χ1v) is 9.29. The number of aryl methyl sites for hydroxylation is 1. The van der Waals surface area contributed by atoms with Crippen molar-refractivity contribution in [2.75, 3.05) is 10.6 Å². The van der Waals surface area contributed by atoms with Gasteiger partial charge in [0, 0.05) is 28.9 Å². The Morgan fingerprint density at radius 1 is 0.828 bits per heavy atom. The van der Waals surface area contributed by atoms with Gasteiger partial charge in [0.15, 0.2) is 11.5 Å². The molecular weight excluding hydrogens is 366 g/mol. The van der Waals surface area contributed by atoms with Crippen LogP contribution in [-0.4, -0.2) is 16.8 Å². The highest BCUT2D eigenvalue weighted by Gasteiger charge is 2.10. The van der Waals surface area contributed by atoms with Crippen LogP contribution in [0.2, 0.25) is 0 Å². The standard InChI is InChI=1S/C23H19N3O3/c1-2-21-26-19-14-18(12-13-20(19)29-21)25-23(28)16-8-10-17(11-9-16)24-22(27)15-6-4-3-5-7-15/h3-14H,2H2,1H3,(H,24,27)(H,25,28). The minimum Gasteiger partial charge on any atom is -0.441 e. The van der Waals surface area contributed by atoms with Gasteiger partial charge >= 0.3 is 0 Å². The van der Waals surface area contributed by atoms with E-state index in [9.17, 15) is 9.59 Å². The van der Waals surface area contributed by atoms with Gasteiger partial charge in [-0.15, -0.1) is 0 Å². The van der Waals surface area contributed by atoms with Crippen LogP contribution >= 0.6 is 0 Å². The van der Waals surface area contributed by atoms with Crippen LogP contribution < -0.4 is 10.6 Å². The summed E-state index contributed by atoms with van der Waals surface area (Å²) in [6.07, 6.45) is 0.712. The average molecular weight is 385 g/mol. The molecule has 1 aromatic heterocycles. The van der Waals surface area contributed by atoms with Crippen LogP contribution in [0.4, 0.5) is 11.4 Å². The molecule has 0 aliphatic heterocycles. The van der Waals surface area contributed by atoms with E-state index in [1.165, 1.54) is 0 Å². The smallest absolute Gasteiger partial charge is 0.255 e. The SMILES string of the molecule is CCc1nc2cc(NC(=O)c3ccc(NC(=O)c4ccccc4)cc3)ccc2o1. The van der Waals surface area contributed by atoms with Gasteiger partial charge in [0.2, 0.25) is 0 Å². The lowest BCUT2D eigenvalue weighted by molar-refractivity contribution is 0.102. The fraction of sp³-hybridized carbons (Fsp3) is 0.0870. The minimum absolute atomic E-state index is 0.199. The zero-order valence-corrected chi connectivity index (χ0v) is 15.8. The molecule has 0 bridgehead atoms. The molecule has 4 aromatic rings. The molecule has 29 heavy (non-hydrogen) atoms. The number of fused-ring (bicyclic) bond motifs is 1. The number of amides is 2. The maximum absolute atomic E-state index is 12.5. The van der Waals surface area contributed by atoms with Crippen LogP contribution in [0.25, 0.3) is 11.1 Å². The number of aromatic nitrogens is 1. The molecule has 0 aliphatic rings. The molecule has 6 nitrogen and oxygen atoms in total. The monoisotopic (exact) mass is 385 g/mol. The Bertz CT molecular complexity index is 1170. The van der Waals surface area contributed by atoms with Crippen molar-refractivity contribution in [1.29, 1.82) is 0 Å². The van der Waals surface area contributed by atoms with E-state index < -0.39 is 0 Å². The third kappa shape index (κ3) is 4.16. The van der Waals surface area contributed by atoms with Gasteiger partial charge in [0.1, 0.15) is 5.52 Å². The van der Waals surface area contributed by atoms with E-state index in [1.807, 2.05) is 25.1 Å². The highest BCUT2D eigenvalue weighted by molar-refractivity contribution is 6.06. The summed E-state index contributed by atoms with van der Waals surface area (Å²) < 4.78 is 5.58. The number of carbonyl (C=O) groups is 2. The average Bonchev–Trinajstić information content (AvgIpc) is 3.17. The van der Waals surface area contributed by atoms with Gasteiger partial charge in [-0.3, -0.25) is 9.59 Å². The van der Waals surface area contributed by atoms with Gasteiger partial charge in [-0.2, -0.15) is 0 Å². The molecule has 0 fully saturated rings. The zero-order chi connectivity index (χ0) is 20.2. The van der Waals surface area contributed by atoms with Gasteiger partial charge in [-0.25, -0.2) is 4.98 Å². The van der Waals surface area contributed by atoms with E-state index in [1.54, 1.807) is 54.6 Å². The largest absolute Gasteiger partial charge is 0.441 e. The summed E-state index contributed by atoms with van der Waals surface area (Å²) in [6, 6.07) is 21.0. The Balaban J connectivity index is 1.43. The molecular formula is C23H19N3O3. The fourth-order valence-electron chi connectivity index (χ4n) is 2.91. The molecule has 0 saturated carbocycles. The molecule has 0 saturated heterocycles. The van der Waals surface area contributed by atoms with Gasteiger partial charge < -0.3 is 15.1 Å². The number of nitrogens with one attached hydrogen (secondary N) is 2. The van der Waals surface area contributed by atoms with Crippen molar-refractivity contribution in [2.24, 2.45) is 0 Å². The second kappa shape index (κ2) is 7.98. The van der Waals surface area contributed by atoms with Gasteiger partial charge in [0.25, 0.3) is 11.8 Å². The van der Waals surface area contributed by atoms with Crippen molar-refractivity contribution in [1.82, 2.24) is 4.98 Å². The second-order valence-corrected chi connectivity index (χ2v) is 6.50. The van der Waals surface area contributed by atoms with Crippen molar-refractivity contribution in [3.63, 3.8) is 0 Å². The maximum Gasteiger partial charge on any atom is 0.255 e. The third-order valence-corrected chi connectivity index (χ3v) is 4.43. The van der Waals surface area contributed by atoms with E-state index in [0.29, 0.717) is 45.9 Å². The summed E-state index contributed by atoms with van der Waals surface area (Å²) >= 11 is 0. The lowest BCUT2D eigenvalue weighted by Gasteiger charge is -2.08. The van der Waals surface area contributed by atoms with Crippen molar-refractivity contribution in [3.05, 3.63) is 89.8 Å². The normalized spacial score (nSPS) is 10.7. The highest BCUT2D eigenvalue weighted by Crippen LogP contribution is 2.21. The molecule has 4 rings (SSSR count). The molecule has 2 N–H and O–H groups in total. The van der Waals surface area contributed by atoms with Crippen LogP contribution in [0.1, 0.15) is 33.5 Å². The maximum atomic E-state index is 12.5. The van der Waals surface area contributed by atoms with Crippen LogP contribution in [0, 0.1) is 0 Å². The number of hydrogen-bond donors (Lipinski definition) is 2. The van der Waals surface area contributed by atoms with Crippen molar-refractivity contribution >= 4 is 34.3 Å². The molecule has 0 atom stereocenters. The molecule has 1 heterocycles. The van der Waals surface area contributed by atoms with Crippen LogP contribution in [0.5, 0.6) is 0 Å². The summed E-state index contributed by atoms with van der Waals surface area (Å²) in [7, 11) is 0. The van der Waals surface area contributed by atoms with Gasteiger partial charge in [-0.1, -0.05) is 25.1 Å². The van der Waals surface area contributed by atoms with E-state index in [4.69, 9.17) is 4.42 Å². The van der Waals surface area contributed by atoms with Gasteiger partial charge in [0.05, 0.1) is 0 Å². The second-order valence-electron chi connectivity index (χ2n) is 6.50. The predicted molar refractivity (Wildman–Crippen MR) is 112 cm³/mol. The van der Waals surface area contributed by atoms with Crippen molar-refractivity contribution < 1.29 is 14.0 Å². The number of oxazole rings is 1. The Morgan fingerprint density at radius 3 is 2.14 bits per heavy atom. The summed E-state index contributed by atoms with van der Waals surface area (Å²) in [5.74, 6) is 0.219. The zero-order valence-electron chi connectivity index (χ0n) is 15.8. The first-order valence-electron chi connectivity index (χ1n) is 9.29. The fourth-order valence-corrected chi connectivity index (χ4v) is 2.91. The summed E-state index contributed by atoms with van der Waals surface area (Å²) in [5, 5.41) is 5.67. The quantitative estimate of drug-likeness (QED) is 0.512. The molecule has 2 amide bonds. The van der Waals surface area contributed by atoms with Crippen molar-refractivity contribution in [2.45, 2.75) is 13.3 Å². The molecule has 0 spiro atoms. The lowest BCUT2D eigenvalue weighted by Crippen LogP contribution is -2.13. The first kappa shape index (κ1) is 18.4. The molecule has 0 unspecified atom stereocenters. The van der Waals surface area contributed by atoms with Gasteiger partial charge in [-0.05, 0) is 54.6 Å². The topological polar surface area (TPSA) is 84.2 Å². The third-order valence-electron chi connectivity index (χ3n) is 4.43. The number of nitrogens with zero attached hydrogens (tertiary/aromatic N) is 1.